The first kappa shape index (κ1) is 17.7. The summed E-state index contributed by atoms with van der Waals surface area (Å²) in [6, 6.07) is 12.7. The van der Waals surface area contributed by atoms with Gasteiger partial charge in [0.05, 0.1) is 12.1 Å². The summed E-state index contributed by atoms with van der Waals surface area (Å²) in [5.41, 5.74) is 4.34. The molecule has 4 nitrogen and oxygen atoms in total. The smallest absolute Gasteiger partial charge is 0.374 e. The Morgan fingerprint density at radius 1 is 0.760 bits per heavy atom. The molecule has 0 bridgehead atoms. The molecule has 0 unspecified atom stereocenters. The summed E-state index contributed by atoms with van der Waals surface area (Å²) in [6.45, 7) is 12.5. The highest BCUT2D eigenvalue weighted by Crippen LogP contribution is 2.50. The molecule has 0 atom stereocenters. The van der Waals surface area contributed by atoms with E-state index in [1.807, 2.05) is 0 Å². The lowest BCUT2D eigenvalue weighted by Gasteiger charge is -2.28. The van der Waals surface area contributed by atoms with Crippen LogP contribution in [-0.4, -0.2) is 26.2 Å². The lowest BCUT2D eigenvalue weighted by atomic mass is 10.1. The van der Waals surface area contributed by atoms with Crippen LogP contribution in [-0.2, 0) is 0 Å². The molecular formula is C20H27ClN3O+. The third kappa shape index (κ3) is 3.23. The molecule has 25 heavy (non-hydrogen) atoms. The van der Waals surface area contributed by atoms with Gasteiger partial charge in [-0.15, -0.1) is 0 Å². The van der Waals surface area contributed by atoms with Crippen molar-refractivity contribution in [1.82, 2.24) is 0 Å². The first-order valence-corrected chi connectivity index (χ1v) is 9.39. The van der Waals surface area contributed by atoms with E-state index in [1.165, 1.54) is 11.4 Å². The van der Waals surface area contributed by atoms with Crippen LogP contribution in [0.1, 0.15) is 27.7 Å². The molecule has 0 saturated carbocycles. The van der Waals surface area contributed by atoms with E-state index in [0.717, 1.165) is 49.1 Å². The van der Waals surface area contributed by atoms with Gasteiger partial charge in [0.15, 0.2) is 0 Å². The minimum Gasteiger partial charge on any atom is -0.410 e. The Morgan fingerprint density at radius 2 is 1.16 bits per heavy atom. The maximum absolute atomic E-state index is 6.68. The Labute approximate surface area is 155 Å². The van der Waals surface area contributed by atoms with Crippen molar-refractivity contribution in [3.8, 4) is 11.5 Å². The van der Waals surface area contributed by atoms with Crippen molar-refractivity contribution >= 4 is 34.6 Å². The van der Waals surface area contributed by atoms with Crippen molar-refractivity contribution in [2.45, 2.75) is 27.7 Å². The predicted molar refractivity (Wildman–Crippen MR) is 109 cm³/mol. The average molecular weight is 361 g/mol. The Bertz CT molecular complexity index is 680. The van der Waals surface area contributed by atoms with E-state index in [1.54, 1.807) is 0 Å². The van der Waals surface area contributed by atoms with Crippen molar-refractivity contribution in [3.05, 3.63) is 36.4 Å². The maximum Gasteiger partial charge on any atom is 0.374 e. The molecular weight excluding hydrogens is 334 g/mol. The third-order valence-electron chi connectivity index (χ3n) is 4.84. The summed E-state index contributed by atoms with van der Waals surface area (Å²) in [6.07, 6.45) is 0. The van der Waals surface area contributed by atoms with Crippen LogP contribution < -0.4 is 19.0 Å². The molecule has 1 heterocycles. The molecule has 0 fully saturated rings. The summed E-state index contributed by atoms with van der Waals surface area (Å²) in [5, 5.41) is 3.49. The summed E-state index contributed by atoms with van der Waals surface area (Å²) >= 11 is 6.68. The van der Waals surface area contributed by atoms with Gasteiger partial charge in [-0.1, -0.05) is 0 Å². The van der Waals surface area contributed by atoms with Crippen molar-refractivity contribution < 1.29 is 3.92 Å². The molecule has 134 valence electrons. The molecule has 5 heteroatoms. The van der Waals surface area contributed by atoms with Gasteiger partial charge < -0.3 is 19.0 Å². The van der Waals surface area contributed by atoms with Crippen LogP contribution in [0, 0.1) is 0 Å². The number of nitrogens with one attached hydrogen (secondary N) is 1. The molecule has 1 N–H and O–H groups in total. The molecule has 2 aromatic carbocycles. The lowest BCUT2D eigenvalue weighted by molar-refractivity contribution is 0.340. The van der Waals surface area contributed by atoms with Gasteiger partial charge >= 0.3 is 23.4 Å². The first-order valence-electron chi connectivity index (χ1n) is 9.08. The molecule has 0 aliphatic carbocycles. The summed E-state index contributed by atoms with van der Waals surface area (Å²) in [5.74, 6) is 1.82. The number of rotatable bonds is 6. The number of halogens is 1. The SMILES string of the molecule is CCN(CC)c1ccc2c(c1)[O+](Cl)c1cc(N(CC)CC)ccc1N2. The Hall–Kier alpha value is -2.07. The van der Waals surface area contributed by atoms with Crippen LogP contribution in [0.5, 0.6) is 11.5 Å². The van der Waals surface area contributed by atoms with Gasteiger partial charge in [0.1, 0.15) is 11.4 Å². The van der Waals surface area contributed by atoms with E-state index in [-0.39, 0.29) is 0 Å². The van der Waals surface area contributed by atoms with E-state index in [4.69, 9.17) is 11.9 Å². The van der Waals surface area contributed by atoms with Crippen LogP contribution in [0.25, 0.3) is 0 Å². The standard InChI is InChI=1S/C20H27ClN3O/c1-5-23(6-2)15-9-11-17-19(13-15)25(21)20-14-16(24(7-3)8-4)10-12-18(20)22-17/h9-14,22H,5-8H2,1-4H3/q+1. The summed E-state index contributed by atoms with van der Waals surface area (Å²) < 4.78 is 2.73. The van der Waals surface area contributed by atoms with Crippen molar-refractivity contribution in [1.29, 1.82) is 0 Å². The highest BCUT2D eigenvalue weighted by Gasteiger charge is 2.31. The first-order chi connectivity index (χ1) is 12.1. The molecule has 0 saturated heterocycles. The van der Waals surface area contributed by atoms with Crippen LogP contribution in [0.4, 0.5) is 22.7 Å². The summed E-state index contributed by atoms with van der Waals surface area (Å²) in [4.78, 5) is 4.63. The monoisotopic (exact) mass is 360 g/mol. The highest BCUT2D eigenvalue weighted by molar-refractivity contribution is 6.14. The largest absolute Gasteiger partial charge is 0.410 e. The lowest BCUT2D eigenvalue weighted by Crippen LogP contribution is -2.23. The number of hydrogen-bond acceptors (Lipinski definition) is 3. The zero-order chi connectivity index (χ0) is 18.0. The van der Waals surface area contributed by atoms with Gasteiger partial charge in [0.2, 0.25) is 0 Å². The number of benzene rings is 2. The number of fused-ring (bicyclic) bond motifs is 2. The topological polar surface area (TPSA) is 21.2 Å². The Kier molecular flexibility index (Phi) is 5.28. The van der Waals surface area contributed by atoms with E-state index < -0.39 is 0 Å². The maximum atomic E-state index is 6.68. The molecule has 1 aliphatic heterocycles. The van der Waals surface area contributed by atoms with E-state index in [2.05, 4.69) is 83.1 Å². The van der Waals surface area contributed by atoms with Crippen LogP contribution in [0.2, 0.25) is 0 Å². The molecule has 3 rings (SSSR count). The van der Waals surface area contributed by atoms with Crippen LogP contribution >= 0.6 is 11.9 Å². The second kappa shape index (κ2) is 7.44. The van der Waals surface area contributed by atoms with Crippen LogP contribution in [0.15, 0.2) is 36.4 Å². The molecule has 2 aromatic rings. The van der Waals surface area contributed by atoms with E-state index >= 15 is 0 Å². The normalized spacial score (nSPS) is 12.3. The highest BCUT2D eigenvalue weighted by atomic mass is 35.5. The number of anilines is 4. The van der Waals surface area contributed by atoms with Crippen molar-refractivity contribution in [3.63, 3.8) is 0 Å². The second-order valence-electron chi connectivity index (χ2n) is 6.09. The zero-order valence-corrected chi connectivity index (χ0v) is 16.2. The molecule has 0 radical (unpaired) electrons. The molecule has 0 aromatic heterocycles. The molecule has 1 aliphatic rings. The van der Waals surface area contributed by atoms with Gasteiger partial charge in [-0.05, 0) is 52.0 Å². The predicted octanol–water partition coefficient (Wildman–Crippen LogP) is 5.92. The van der Waals surface area contributed by atoms with Crippen molar-refractivity contribution in [2.24, 2.45) is 0 Å². The van der Waals surface area contributed by atoms with Gasteiger partial charge in [-0.3, -0.25) is 0 Å². The zero-order valence-electron chi connectivity index (χ0n) is 15.5. The molecule has 0 spiro atoms. The van der Waals surface area contributed by atoms with Crippen LogP contribution in [0.3, 0.4) is 0 Å². The van der Waals surface area contributed by atoms with Gasteiger partial charge in [-0.2, -0.15) is 0 Å². The third-order valence-corrected chi connectivity index (χ3v) is 5.18. The minimum atomic E-state index is 0.912. The quantitative estimate of drug-likeness (QED) is 0.646. The second-order valence-corrected chi connectivity index (χ2v) is 6.40. The van der Waals surface area contributed by atoms with Crippen molar-refractivity contribution in [2.75, 3.05) is 41.3 Å². The minimum absolute atomic E-state index is 0.912. The van der Waals surface area contributed by atoms with E-state index in [9.17, 15) is 0 Å². The Morgan fingerprint density at radius 3 is 1.52 bits per heavy atom. The fourth-order valence-electron chi connectivity index (χ4n) is 3.36. The number of hydrogen-bond donors (Lipinski definition) is 1. The Balaban J connectivity index is 1.99. The number of nitrogens with zero attached hydrogens (tertiary/aromatic N) is 2. The average Bonchev–Trinajstić information content (AvgIpc) is 2.64. The fourth-order valence-corrected chi connectivity index (χ4v) is 3.61. The fraction of sp³-hybridized carbons (Fsp3) is 0.400. The van der Waals surface area contributed by atoms with Gasteiger partial charge in [0.25, 0.3) is 0 Å². The summed E-state index contributed by atoms with van der Waals surface area (Å²) in [7, 11) is 0. The van der Waals surface area contributed by atoms with E-state index in [0.29, 0.717) is 0 Å². The molecule has 0 amide bonds. The van der Waals surface area contributed by atoms with Gasteiger partial charge in [0, 0.05) is 37.6 Å². The van der Waals surface area contributed by atoms with Gasteiger partial charge in [-0.25, -0.2) is 0 Å².